The fourth-order valence-electron chi connectivity index (χ4n) is 1.11. The number of fused-ring (bicyclic) bond motifs is 1. The number of hydrogen-bond acceptors (Lipinski definition) is 4. The smallest absolute Gasteiger partial charge is 0.232 e. The predicted octanol–water partition coefficient (Wildman–Crippen LogP) is 0.373. The Morgan fingerprint density at radius 2 is 2.33 bits per heavy atom. The molecule has 0 bridgehead atoms. The third kappa shape index (κ3) is 1.37. The van der Waals surface area contributed by atoms with Crippen LogP contribution < -0.4 is 5.32 Å². The van der Waals surface area contributed by atoms with Crippen molar-refractivity contribution in [2.45, 2.75) is 13.1 Å². The summed E-state index contributed by atoms with van der Waals surface area (Å²) in [5.74, 6) is 0.257. The molecule has 4 nitrogen and oxygen atoms in total. The van der Waals surface area contributed by atoms with E-state index >= 15 is 0 Å². The monoisotopic (exact) mass is 182 g/mol. The second kappa shape index (κ2) is 3.48. The van der Waals surface area contributed by atoms with Gasteiger partial charge in [0.25, 0.3) is 0 Å². The first-order valence-corrected chi connectivity index (χ1v) is 3.36. The van der Waals surface area contributed by atoms with Crippen molar-refractivity contribution in [2.75, 3.05) is 0 Å². The lowest BCUT2D eigenvalue weighted by Gasteiger charge is -1.93. The van der Waals surface area contributed by atoms with Gasteiger partial charge in [-0.2, -0.15) is 5.26 Å². The summed E-state index contributed by atoms with van der Waals surface area (Å²) in [6, 6.07) is 1.91. The fourth-order valence-corrected chi connectivity index (χ4v) is 1.11. The summed E-state index contributed by atoms with van der Waals surface area (Å²) in [7, 11) is 0. The maximum Gasteiger partial charge on any atom is 0.232 e. The van der Waals surface area contributed by atoms with Crippen LogP contribution in [0.4, 0.5) is 0 Å². The largest absolute Gasteiger partial charge is 0.307 e. The molecule has 0 atom stereocenters. The van der Waals surface area contributed by atoms with Crippen LogP contribution in [0.2, 0.25) is 0 Å². The molecule has 0 fully saturated rings. The van der Waals surface area contributed by atoms with Crippen molar-refractivity contribution in [3.8, 4) is 6.07 Å². The maximum absolute atomic E-state index is 8.47. The Hall–Kier alpha value is -1.18. The zero-order valence-electron chi connectivity index (χ0n) is 6.24. The van der Waals surface area contributed by atoms with Crippen LogP contribution in [-0.4, -0.2) is 9.97 Å². The average Bonchev–Trinajstić information content (AvgIpc) is 2.50. The lowest BCUT2D eigenvalue weighted by Crippen LogP contribution is -2.00. The molecule has 62 valence electrons. The van der Waals surface area contributed by atoms with Crippen LogP contribution in [0, 0.1) is 11.3 Å². The second-order valence-corrected chi connectivity index (χ2v) is 2.38. The van der Waals surface area contributed by atoms with E-state index in [1.54, 1.807) is 6.20 Å². The highest BCUT2D eigenvalue weighted by molar-refractivity contribution is 5.85. The molecule has 0 spiro atoms. The molecule has 2 rings (SSSR count). The minimum atomic E-state index is 0. The first-order chi connectivity index (χ1) is 5.40. The van der Waals surface area contributed by atoms with Crippen molar-refractivity contribution in [1.29, 1.82) is 5.26 Å². The summed E-state index contributed by atoms with van der Waals surface area (Å²) in [5.41, 5.74) is 2.06. The van der Waals surface area contributed by atoms with Gasteiger partial charge in [-0.3, -0.25) is 0 Å². The molecule has 0 unspecified atom stereocenters. The van der Waals surface area contributed by atoms with Gasteiger partial charge < -0.3 is 5.32 Å². The lowest BCUT2D eigenvalue weighted by atomic mass is 10.3. The Morgan fingerprint density at radius 1 is 1.50 bits per heavy atom. The van der Waals surface area contributed by atoms with E-state index < -0.39 is 0 Å². The number of nitrogens with zero attached hydrogens (tertiary/aromatic N) is 3. The summed E-state index contributed by atoms with van der Waals surface area (Å²) >= 11 is 0. The van der Waals surface area contributed by atoms with E-state index in [0.29, 0.717) is 0 Å². The molecular formula is C7H7ClN4. The van der Waals surface area contributed by atoms with E-state index in [1.807, 2.05) is 6.07 Å². The van der Waals surface area contributed by atoms with Gasteiger partial charge in [0.2, 0.25) is 5.82 Å². The van der Waals surface area contributed by atoms with Crippen molar-refractivity contribution in [2.24, 2.45) is 0 Å². The van der Waals surface area contributed by atoms with E-state index in [1.165, 1.54) is 0 Å². The molecule has 5 heteroatoms. The molecule has 0 aliphatic carbocycles. The van der Waals surface area contributed by atoms with Crippen LogP contribution >= 0.6 is 12.4 Å². The van der Waals surface area contributed by atoms with Crippen LogP contribution in [0.25, 0.3) is 0 Å². The molecule has 0 saturated heterocycles. The van der Waals surface area contributed by atoms with E-state index in [4.69, 9.17) is 5.26 Å². The van der Waals surface area contributed by atoms with Crippen molar-refractivity contribution < 1.29 is 0 Å². The molecule has 12 heavy (non-hydrogen) atoms. The highest BCUT2D eigenvalue weighted by atomic mass is 35.5. The van der Waals surface area contributed by atoms with Gasteiger partial charge in [0, 0.05) is 24.8 Å². The van der Waals surface area contributed by atoms with Crippen LogP contribution in [0.15, 0.2) is 6.20 Å². The van der Waals surface area contributed by atoms with Crippen molar-refractivity contribution >= 4 is 12.4 Å². The number of nitriles is 1. The van der Waals surface area contributed by atoms with E-state index in [9.17, 15) is 0 Å². The standard InChI is InChI=1S/C7H6N4.ClH/c8-1-7-10-3-5-2-9-4-6(5)11-7;/h3,9H,2,4H2;1H. The molecular weight excluding hydrogens is 176 g/mol. The zero-order chi connectivity index (χ0) is 7.68. The van der Waals surface area contributed by atoms with Crippen LogP contribution in [0.5, 0.6) is 0 Å². The van der Waals surface area contributed by atoms with Crippen LogP contribution in [-0.2, 0) is 13.1 Å². The van der Waals surface area contributed by atoms with Crippen LogP contribution in [0.3, 0.4) is 0 Å². The number of aromatic nitrogens is 2. The molecule has 1 aliphatic rings. The summed E-state index contributed by atoms with van der Waals surface area (Å²) in [5, 5.41) is 11.6. The van der Waals surface area contributed by atoms with Gasteiger partial charge in [0.15, 0.2) is 0 Å². The second-order valence-electron chi connectivity index (χ2n) is 2.38. The molecule has 0 radical (unpaired) electrons. The molecule has 0 saturated carbocycles. The van der Waals surface area contributed by atoms with Gasteiger partial charge in [-0.25, -0.2) is 9.97 Å². The van der Waals surface area contributed by atoms with E-state index in [0.717, 1.165) is 24.3 Å². The average molecular weight is 183 g/mol. The Balaban J connectivity index is 0.000000720. The summed E-state index contributed by atoms with van der Waals surface area (Å²) in [4.78, 5) is 7.89. The highest BCUT2D eigenvalue weighted by Crippen LogP contribution is 2.10. The van der Waals surface area contributed by atoms with Crippen molar-refractivity contribution in [3.63, 3.8) is 0 Å². The minimum Gasteiger partial charge on any atom is -0.307 e. The van der Waals surface area contributed by atoms with Crippen LogP contribution in [0.1, 0.15) is 17.1 Å². The molecule has 1 aromatic rings. The molecule has 2 heterocycles. The van der Waals surface area contributed by atoms with Crippen molar-refractivity contribution in [1.82, 2.24) is 15.3 Å². The van der Waals surface area contributed by atoms with Gasteiger partial charge in [-0.05, 0) is 0 Å². The van der Waals surface area contributed by atoms with Crippen molar-refractivity contribution in [3.05, 3.63) is 23.3 Å². The van der Waals surface area contributed by atoms with Gasteiger partial charge in [-0.15, -0.1) is 12.4 Å². The summed E-state index contributed by atoms with van der Waals surface area (Å²) < 4.78 is 0. The number of halogens is 1. The SMILES string of the molecule is Cl.N#Cc1ncc2c(n1)CNC2. The highest BCUT2D eigenvalue weighted by Gasteiger charge is 2.11. The quantitative estimate of drug-likeness (QED) is 0.630. The molecule has 1 N–H and O–H groups in total. The Labute approximate surface area is 76.1 Å². The Kier molecular flexibility index (Phi) is 2.58. The molecule has 0 amide bonds. The van der Waals surface area contributed by atoms with Gasteiger partial charge in [0.05, 0.1) is 5.69 Å². The topological polar surface area (TPSA) is 61.6 Å². The summed E-state index contributed by atoms with van der Waals surface area (Å²) in [6.07, 6.45) is 1.71. The summed E-state index contributed by atoms with van der Waals surface area (Å²) in [6.45, 7) is 1.58. The third-order valence-corrected chi connectivity index (χ3v) is 1.66. The lowest BCUT2D eigenvalue weighted by molar-refractivity contribution is 0.757. The van der Waals surface area contributed by atoms with Gasteiger partial charge in [-0.1, -0.05) is 0 Å². The van der Waals surface area contributed by atoms with E-state index in [2.05, 4.69) is 15.3 Å². The fraction of sp³-hybridized carbons (Fsp3) is 0.286. The first-order valence-electron chi connectivity index (χ1n) is 3.36. The number of rotatable bonds is 0. The Morgan fingerprint density at radius 3 is 3.08 bits per heavy atom. The number of hydrogen-bond donors (Lipinski definition) is 1. The first kappa shape index (κ1) is 8.91. The maximum atomic E-state index is 8.47. The molecule has 1 aliphatic heterocycles. The van der Waals surface area contributed by atoms with Gasteiger partial charge >= 0.3 is 0 Å². The molecule has 0 aromatic carbocycles. The van der Waals surface area contributed by atoms with E-state index in [-0.39, 0.29) is 18.2 Å². The normalized spacial score (nSPS) is 12.9. The molecule has 1 aromatic heterocycles. The number of nitrogens with one attached hydrogen (secondary N) is 1. The Bertz CT molecular complexity index is 331. The third-order valence-electron chi connectivity index (χ3n) is 1.66. The van der Waals surface area contributed by atoms with Gasteiger partial charge in [0.1, 0.15) is 6.07 Å². The predicted molar refractivity (Wildman–Crippen MR) is 44.5 cm³/mol. The zero-order valence-corrected chi connectivity index (χ0v) is 7.06. The minimum absolute atomic E-state index is 0.